The molecule has 0 spiro atoms. The SMILES string of the molecule is Cl.Cl.NC[C@]1(O)CN2CC[C@@H]1C2. The highest BCUT2D eigenvalue weighted by molar-refractivity contribution is 5.85. The largest absolute Gasteiger partial charge is 0.387 e. The van der Waals surface area contributed by atoms with Gasteiger partial charge in [-0.3, -0.25) is 0 Å². The number of hydrogen-bond donors (Lipinski definition) is 2. The van der Waals surface area contributed by atoms with Gasteiger partial charge in [-0.05, 0) is 13.0 Å². The molecule has 2 saturated heterocycles. The van der Waals surface area contributed by atoms with Crippen molar-refractivity contribution in [3.63, 3.8) is 0 Å². The number of nitrogens with two attached hydrogens (primary N) is 1. The number of fused-ring (bicyclic) bond motifs is 2. The van der Waals surface area contributed by atoms with Gasteiger partial charge in [-0.15, -0.1) is 24.8 Å². The van der Waals surface area contributed by atoms with Gasteiger partial charge in [0.05, 0.1) is 5.60 Å². The summed E-state index contributed by atoms with van der Waals surface area (Å²) < 4.78 is 0. The molecule has 0 aromatic carbocycles. The van der Waals surface area contributed by atoms with Gasteiger partial charge in [0.1, 0.15) is 0 Å². The van der Waals surface area contributed by atoms with Crippen molar-refractivity contribution in [3.8, 4) is 0 Å². The van der Waals surface area contributed by atoms with Gasteiger partial charge in [0.2, 0.25) is 0 Å². The molecule has 0 saturated carbocycles. The molecule has 0 radical (unpaired) electrons. The molecule has 3 nitrogen and oxygen atoms in total. The third kappa shape index (κ3) is 1.70. The van der Waals surface area contributed by atoms with Crippen molar-refractivity contribution in [2.45, 2.75) is 12.0 Å². The van der Waals surface area contributed by atoms with Crippen LogP contribution in [-0.4, -0.2) is 41.8 Å². The average molecular weight is 215 g/mol. The lowest BCUT2D eigenvalue weighted by atomic mass is 9.88. The highest BCUT2D eigenvalue weighted by Gasteiger charge is 2.47. The first-order chi connectivity index (χ1) is 4.74. The molecule has 2 bridgehead atoms. The Kier molecular flexibility index (Phi) is 4.27. The highest BCUT2D eigenvalue weighted by Crippen LogP contribution is 2.35. The number of hydrogen-bond acceptors (Lipinski definition) is 3. The number of halogens is 2. The van der Waals surface area contributed by atoms with E-state index >= 15 is 0 Å². The van der Waals surface area contributed by atoms with Crippen molar-refractivity contribution < 1.29 is 5.11 Å². The van der Waals surface area contributed by atoms with Crippen molar-refractivity contribution in [2.75, 3.05) is 26.2 Å². The van der Waals surface area contributed by atoms with E-state index < -0.39 is 5.60 Å². The maximum atomic E-state index is 9.82. The first kappa shape index (κ1) is 12.5. The summed E-state index contributed by atoms with van der Waals surface area (Å²) in [6.07, 6.45) is 1.13. The third-order valence-electron chi connectivity index (χ3n) is 2.88. The van der Waals surface area contributed by atoms with E-state index in [2.05, 4.69) is 4.90 Å². The molecule has 12 heavy (non-hydrogen) atoms. The van der Waals surface area contributed by atoms with Gasteiger partial charge in [0.15, 0.2) is 0 Å². The monoisotopic (exact) mass is 214 g/mol. The summed E-state index contributed by atoms with van der Waals surface area (Å²) in [5.74, 6) is 0.456. The van der Waals surface area contributed by atoms with Gasteiger partial charge in [-0.2, -0.15) is 0 Å². The normalized spacial score (nSPS) is 43.5. The zero-order valence-electron chi connectivity index (χ0n) is 6.90. The number of rotatable bonds is 1. The zero-order chi connectivity index (χ0) is 7.19. The van der Waals surface area contributed by atoms with Crippen LogP contribution in [0.25, 0.3) is 0 Å². The number of nitrogens with zero attached hydrogens (tertiary/aromatic N) is 1. The van der Waals surface area contributed by atoms with Crippen molar-refractivity contribution in [3.05, 3.63) is 0 Å². The Morgan fingerprint density at radius 3 is 2.42 bits per heavy atom. The maximum absolute atomic E-state index is 9.82. The van der Waals surface area contributed by atoms with Crippen LogP contribution >= 0.6 is 24.8 Å². The Balaban J connectivity index is 0.000000605. The summed E-state index contributed by atoms with van der Waals surface area (Å²) in [7, 11) is 0. The molecule has 0 aromatic rings. The van der Waals surface area contributed by atoms with Crippen LogP contribution in [0.2, 0.25) is 0 Å². The maximum Gasteiger partial charge on any atom is 0.0936 e. The highest BCUT2D eigenvalue weighted by atomic mass is 35.5. The minimum atomic E-state index is -0.543. The second-order valence-corrected chi connectivity index (χ2v) is 3.53. The smallest absolute Gasteiger partial charge is 0.0936 e. The van der Waals surface area contributed by atoms with Gasteiger partial charge >= 0.3 is 0 Å². The first-order valence-electron chi connectivity index (χ1n) is 3.89. The zero-order valence-corrected chi connectivity index (χ0v) is 8.53. The fourth-order valence-corrected chi connectivity index (χ4v) is 2.16. The van der Waals surface area contributed by atoms with E-state index in [0.29, 0.717) is 12.5 Å². The third-order valence-corrected chi connectivity index (χ3v) is 2.88. The summed E-state index contributed by atoms with van der Waals surface area (Å²) in [4.78, 5) is 2.29. The Morgan fingerprint density at radius 1 is 1.50 bits per heavy atom. The van der Waals surface area contributed by atoms with Gasteiger partial charge < -0.3 is 15.7 Å². The summed E-state index contributed by atoms with van der Waals surface area (Å²) in [5, 5.41) is 9.82. The molecule has 1 unspecified atom stereocenters. The molecule has 74 valence electrons. The molecule has 2 rings (SSSR count). The van der Waals surface area contributed by atoms with E-state index in [1.165, 1.54) is 0 Å². The van der Waals surface area contributed by atoms with Crippen LogP contribution in [0, 0.1) is 5.92 Å². The van der Waals surface area contributed by atoms with E-state index in [1.807, 2.05) is 0 Å². The first-order valence-corrected chi connectivity index (χ1v) is 3.89. The molecule has 0 aliphatic carbocycles. The van der Waals surface area contributed by atoms with Gasteiger partial charge in [0.25, 0.3) is 0 Å². The Labute approximate surface area is 85.1 Å². The van der Waals surface area contributed by atoms with Crippen LogP contribution in [0.4, 0.5) is 0 Å². The standard InChI is InChI=1S/C7H14N2O.2ClH/c8-4-7(10)5-9-2-1-6(7)3-9;;/h6,10H,1-5,8H2;2*1H/t6-,7+;;/m1../s1. The molecule has 2 aliphatic heterocycles. The second kappa shape index (κ2) is 4.11. The Bertz CT molecular complexity index is 158. The van der Waals surface area contributed by atoms with Crippen molar-refractivity contribution in [1.29, 1.82) is 0 Å². The number of aliphatic hydroxyl groups is 1. The molecule has 3 atom stereocenters. The van der Waals surface area contributed by atoms with Crippen LogP contribution in [-0.2, 0) is 0 Å². The quantitative estimate of drug-likeness (QED) is 0.639. The van der Waals surface area contributed by atoms with E-state index in [9.17, 15) is 5.11 Å². The molecule has 3 N–H and O–H groups in total. The Hall–Kier alpha value is 0.460. The van der Waals surface area contributed by atoms with Crippen LogP contribution in [0.3, 0.4) is 0 Å². The van der Waals surface area contributed by atoms with E-state index in [0.717, 1.165) is 26.1 Å². The fourth-order valence-electron chi connectivity index (χ4n) is 2.16. The topological polar surface area (TPSA) is 49.5 Å². The van der Waals surface area contributed by atoms with Crippen molar-refractivity contribution >= 4 is 24.8 Å². The minimum Gasteiger partial charge on any atom is -0.387 e. The lowest BCUT2D eigenvalue weighted by Gasteiger charge is -2.30. The van der Waals surface area contributed by atoms with Gasteiger partial charge in [0, 0.05) is 25.6 Å². The van der Waals surface area contributed by atoms with Gasteiger partial charge in [-0.1, -0.05) is 0 Å². The van der Waals surface area contributed by atoms with Crippen LogP contribution in [0.15, 0.2) is 0 Å². The molecule has 2 aliphatic rings. The van der Waals surface area contributed by atoms with Gasteiger partial charge in [-0.25, -0.2) is 0 Å². The predicted molar refractivity (Wildman–Crippen MR) is 53.0 cm³/mol. The Morgan fingerprint density at radius 2 is 2.17 bits per heavy atom. The second-order valence-electron chi connectivity index (χ2n) is 3.53. The molecule has 5 heteroatoms. The average Bonchev–Trinajstić information content (AvgIpc) is 2.46. The predicted octanol–water partition coefficient (Wildman–Crippen LogP) is -0.145. The van der Waals surface area contributed by atoms with E-state index in [1.54, 1.807) is 0 Å². The molecule has 0 aromatic heterocycles. The van der Waals surface area contributed by atoms with E-state index in [-0.39, 0.29) is 24.8 Å². The van der Waals surface area contributed by atoms with Crippen LogP contribution < -0.4 is 5.73 Å². The summed E-state index contributed by atoms with van der Waals surface area (Å²) >= 11 is 0. The molecular weight excluding hydrogens is 199 g/mol. The summed E-state index contributed by atoms with van der Waals surface area (Å²) in [6, 6.07) is 0. The van der Waals surface area contributed by atoms with Crippen molar-refractivity contribution in [2.24, 2.45) is 11.7 Å². The molecule has 2 fully saturated rings. The van der Waals surface area contributed by atoms with Crippen LogP contribution in [0.5, 0.6) is 0 Å². The summed E-state index contributed by atoms with van der Waals surface area (Å²) in [6.45, 7) is 3.45. The fraction of sp³-hybridized carbons (Fsp3) is 1.00. The van der Waals surface area contributed by atoms with Crippen LogP contribution in [0.1, 0.15) is 6.42 Å². The number of piperidine rings is 1. The van der Waals surface area contributed by atoms with E-state index in [4.69, 9.17) is 5.73 Å². The lowest BCUT2D eigenvalue weighted by molar-refractivity contribution is 0.00354. The molecular formula is C7H16Cl2N2O. The van der Waals surface area contributed by atoms with Crippen molar-refractivity contribution in [1.82, 2.24) is 4.90 Å². The lowest BCUT2D eigenvalue weighted by Crippen LogP contribution is -2.48. The summed E-state index contributed by atoms with van der Waals surface area (Å²) in [5.41, 5.74) is 4.93. The minimum absolute atomic E-state index is 0. The molecule has 2 heterocycles. The molecule has 0 amide bonds.